The van der Waals surface area contributed by atoms with Crippen LogP contribution in [0.4, 0.5) is 5.82 Å². The fraction of sp³-hybridized carbons (Fsp3) is 0.524. The van der Waals surface area contributed by atoms with Crippen molar-refractivity contribution in [2.45, 2.75) is 112 Å². The number of aromatic nitrogens is 3. The Labute approximate surface area is 345 Å². The zero-order chi connectivity index (χ0) is 43.7. The Morgan fingerprint density at radius 1 is 0.898 bits per heavy atom. The minimum Gasteiger partial charge on any atom is -0.464 e. The molecule has 5 atom stereocenters. The number of esters is 3. The van der Waals surface area contributed by atoms with E-state index in [4.69, 9.17) is 33.7 Å². The summed E-state index contributed by atoms with van der Waals surface area (Å²) in [7, 11) is -4.65. The number of nitriles is 1. The molecule has 0 spiro atoms. The van der Waals surface area contributed by atoms with Gasteiger partial charge in [0.2, 0.25) is 0 Å². The fourth-order valence-corrected chi connectivity index (χ4v) is 7.67. The van der Waals surface area contributed by atoms with Gasteiger partial charge in [0.15, 0.2) is 24.1 Å². The van der Waals surface area contributed by atoms with Crippen molar-refractivity contribution in [2.75, 3.05) is 18.9 Å². The highest BCUT2D eigenvalue weighted by molar-refractivity contribution is 7.52. The van der Waals surface area contributed by atoms with Crippen molar-refractivity contribution in [3.05, 3.63) is 66.1 Å². The van der Waals surface area contributed by atoms with Crippen LogP contribution >= 0.6 is 7.75 Å². The molecule has 0 aliphatic heterocycles. The molecule has 2 heterocycles. The molecule has 0 radical (unpaired) electrons. The summed E-state index contributed by atoms with van der Waals surface area (Å²) < 4.78 is 51.8. The van der Waals surface area contributed by atoms with E-state index in [2.05, 4.69) is 35.9 Å². The van der Waals surface area contributed by atoms with Crippen LogP contribution in [0, 0.1) is 29.3 Å². The second-order valence-corrected chi connectivity index (χ2v) is 17.7. The maximum atomic E-state index is 15.1. The standard InChI is InChI=1S/C42H57N6O10P/c1-11-28(12-2)21-53-41(51)27(7)47-59(52,58-34-20-17-31(42(8,9)10)29-15-13-14-16-30(29)34)55-22-35(54-23-43)37(57-40(50)26(5)6)36(56-39(49)25(3)4)32-18-19-33-38(44)45-24-46-48(32)33/h13-20,24-28,35-37H,11-12,21-22H2,1-10H3,(H,47,52)(H2,44,45,46)/t27-,35+,36-,37+,59?/m0/s1. The number of anilines is 1. The lowest BCUT2D eigenvalue weighted by Crippen LogP contribution is -2.44. The highest BCUT2D eigenvalue weighted by Crippen LogP contribution is 2.48. The van der Waals surface area contributed by atoms with Crippen molar-refractivity contribution in [1.82, 2.24) is 19.7 Å². The number of carbonyl (C=O) groups excluding carboxylic acids is 3. The fourth-order valence-electron chi connectivity index (χ4n) is 6.15. The Morgan fingerprint density at radius 2 is 1.54 bits per heavy atom. The van der Waals surface area contributed by atoms with Gasteiger partial charge in [0.05, 0.1) is 24.1 Å². The van der Waals surface area contributed by atoms with Crippen molar-refractivity contribution >= 4 is 47.8 Å². The topological polar surface area (TPSA) is 216 Å². The average Bonchev–Trinajstić information content (AvgIpc) is 3.62. The number of hydrogen-bond acceptors (Lipinski definition) is 14. The number of nitrogens with zero attached hydrogens (tertiary/aromatic N) is 4. The van der Waals surface area contributed by atoms with Gasteiger partial charge in [0.25, 0.3) is 6.26 Å². The molecule has 59 heavy (non-hydrogen) atoms. The van der Waals surface area contributed by atoms with E-state index in [1.165, 1.54) is 17.8 Å². The second-order valence-electron chi connectivity index (χ2n) is 16.0. The van der Waals surface area contributed by atoms with Crippen LogP contribution in [0.2, 0.25) is 0 Å². The van der Waals surface area contributed by atoms with Crippen molar-refractivity contribution in [3.63, 3.8) is 0 Å². The molecule has 0 amide bonds. The maximum Gasteiger partial charge on any atom is 0.459 e. The van der Waals surface area contributed by atoms with Crippen molar-refractivity contribution in [2.24, 2.45) is 17.8 Å². The molecule has 4 rings (SSSR count). The van der Waals surface area contributed by atoms with Gasteiger partial charge in [-0.3, -0.25) is 18.9 Å². The van der Waals surface area contributed by atoms with Gasteiger partial charge in [0.1, 0.15) is 30.2 Å². The van der Waals surface area contributed by atoms with E-state index in [0.717, 1.165) is 23.8 Å². The molecule has 3 N–H and O–H groups in total. The first-order chi connectivity index (χ1) is 27.8. The van der Waals surface area contributed by atoms with E-state index < -0.39 is 68.5 Å². The van der Waals surface area contributed by atoms with Gasteiger partial charge < -0.3 is 29.2 Å². The molecule has 17 heteroatoms. The van der Waals surface area contributed by atoms with E-state index in [-0.39, 0.29) is 35.2 Å². The summed E-state index contributed by atoms with van der Waals surface area (Å²) in [6.07, 6.45) is -0.277. The Hall–Kier alpha value is -5.23. The second kappa shape index (κ2) is 20.2. The van der Waals surface area contributed by atoms with Gasteiger partial charge >= 0.3 is 25.7 Å². The van der Waals surface area contributed by atoms with Crippen LogP contribution in [0.5, 0.6) is 5.75 Å². The van der Waals surface area contributed by atoms with E-state index >= 15 is 4.57 Å². The highest BCUT2D eigenvalue weighted by atomic mass is 31.2. The third-order valence-corrected chi connectivity index (χ3v) is 11.4. The molecule has 0 fully saturated rings. The monoisotopic (exact) mass is 836 g/mol. The Balaban J connectivity index is 1.82. The molecular weight excluding hydrogens is 779 g/mol. The van der Waals surface area contributed by atoms with Crippen LogP contribution in [0.3, 0.4) is 0 Å². The van der Waals surface area contributed by atoms with E-state index in [1.54, 1.807) is 52.1 Å². The normalized spacial score (nSPS) is 15.0. The lowest BCUT2D eigenvalue weighted by molar-refractivity contribution is -0.184. The number of benzene rings is 2. The van der Waals surface area contributed by atoms with Crippen molar-refractivity contribution in [1.29, 1.82) is 5.26 Å². The first-order valence-electron chi connectivity index (χ1n) is 19.8. The summed E-state index contributed by atoms with van der Waals surface area (Å²) in [6, 6.07) is 12.9. The van der Waals surface area contributed by atoms with Gasteiger partial charge in [-0.2, -0.15) is 15.4 Å². The molecule has 0 saturated carbocycles. The minimum absolute atomic E-state index is 0.115. The van der Waals surface area contributed by atoms with E-state index in [0.29, 0.717) is 10.9 Å². The molecular formula is C42H57N6O10P. The van der Waals surface area contributed by atoms with Gasteiger partial charge in [-0.15, -0.1) is 0 Å². The molecule has 2 aromatic carbocycles. The number of nitrogens with one attached hydrogen (secondary N) is 1. The Bertz CT molecular complexity index is 2170. The zero-order valence-corrected chi connectivity index (χ0v) is 36.4. The van der Waals surface area contributed by atoms with Crippen molar-refractivity contribution in [3.8, 4) is 12.0 Å². The van der Waals surface area contributed by atoms with Gasteiger partial charge in [0, 0.05) is 5.39 Å². The zero-order valence-electron chi connectivity index (χ0n) is 35.5. The van der Waals surface area contributed by atoms with Gasteiger partial charge in [-0.1, -0.05) is 105 Å². The molecule has 2 aromatic heterocycles. The number of rotatable bonds is 20. The first-order valence-corrected chi connectivity index (χ1v) is 21.3. The Kier molecular flexibility index (Phi) is 15.9. The summed E-state index contributed by atoms with van der Waals surface area (Å²) in [5.74, 6) is -3.03. The predicted octanol–water partition coefficient (Wildman–Crippen LogP) is 7.60. The lowest BCUT2D eigenvalue weighted by Gasteiger charge is -2.32. The molecule has 0 aliphatic carbocycles. The highest BCUT2D eigenvalue weighted by Gasteiger charge is 2.44. The number of fused-ring (bicyclic) bond motifs is 2. The predicted molar refractivity (Wildman–Crippen MR) is 221 cm³/mol. The largest absolute Gasteiger partial charge is 0.464 e. The molecule has 1 unspecified atom stereocenters. The summed E-state index contributed by atoms with van der Waals surface area (Å²) in [4.78, 5) is 44.0. The lowest BCUT2D eigenvalue weighted by atomic mass is 9.83. The molecule has 16 nitrogen and oxygen atoms in total. The molecule has 0 bridgehead atoms. The molecule has 320 valence electrons. The summed E-state index contributed by atoms with van der Waals surface area (Å²) in [5.41, 5.74) is 7.41. The van der Waals surface area contributed by atoms with Crippen LogP contribution in [0.1, 0.15) is 99.4 Å². The quantitative estimate of drug-likeness (QED) is 0.0379. The van der Waals surface area contributed by atoms with Crippen LogP contribution in [-0.2, 0) is 47.8 Å². The smallest absolute Gasteiger partial charge is 0.459 e. The average molecular weight is 837 g/mol. The van der Waals surface area contributed by atoms with Gasteiger partial charge in [-0.25, -0.2) is 14.1 Å². The summed E-state index contributed by atoms with van der Waals surface area (Å²) in [6.45, 7) is 17.5. The SMILES string of the molecule is CCC(CC)COC(=O)[C@H](C)NP(=O)(OC[C@@H](OC#N)[C@@H](OC(=O)C(C)C)[C@@H](OC(=O)C(C)C)c1ccc2c(N)ncnn12)Oc1ccc(C(C)(C)C)c2ccccc12. The summed E-state index contributed by atoms with van der Waals surface area (Å²) >= 11 is 0. The molecule has 4 aromatic rings. The number of carbonyl (C=O) groups is 3. The Morgan fingerprint density at radius 3 is 2.15 bits per heavy atom. The van der Waals surface area contributed by atoms with Crippen LogP contribution < -0.4 is 15.3 Å². The third kappa shape index (κ3) is 11.7. The van der Waals surface area contributed by atoms with Crippen LogP contribution in [0.25, 0.3) is 16.3 Å². The van der Waals surface area contributed by atoms with E-state index in [1.807, 2.05) is 44.2 Å². The number of nitrogens with two attached hydrogens (primary N) is 1. The van der Waals surface area contributed by atoms with Crippen LogP contribution in [-0.4, -0.2) is 64.0 Å². The molecule has 0 saturated heterocycles. The van der Waals surface area contributed by atoms with Crippen molar-refractivity contribution < 1.29 is 46.9 Å². The van der Waals surface area contributed by atoms with Gasteiger partial charge in [-0.05, 0) is 47.4 Å². The number of nitrogen functional groups attached to an aromatic ring is 1. The van der Waals surface area contributed by atoms with Crippen LogP contribution in [0.15, 0.2) is 54.9 Å². The molecule has 0 aliphatic rings. The number of ether oxygens (including phenoxy) is 4. The minimum atomic E-state index is -4.65. The summed E-state index contributed by atoms with van der Waals surface area (Å²) in [5, 5.41) is 18.4. The maximum absolute atomic E-state index is 15.1. The third-order valence-electron chi connectivity index (χ3n) is 9.75. The van der Waals surface area contributed by atoms with E-state index in [9.17, 15) is 19.6 Å². The first kappa shape index (κ1) is 46.5. The number of hydrogen-bond donors (Lipinski definition) is 2.